The van der Waals surface area contributed by atoms with E-state index in [1.807, 2.05) is 26.0 Å². The number of hydrogen-bond donors (Lipinski definition) is 0. The van der Waals surface area contributed by atoms with Gasteiger partial charge >= 0.3 is 5.97 Å². The van der Waals surface area contributed by atoms with Gasteiger partial charge in [0.25, 0.3) is 0 Å². The van der Waals surface area contributed by atoms with E-state index in [0.717, 1.165) is 16.7 Å². The molecule has 0 aliphatic rings. The van der Waals surface area contributed by atoms with Crippen LogP contribution >= 0.6 is 0 Å². The maximum absolute atomic E-state index is 11.5. The molecule has 0 atom stereocenters. The summed E-state index contributed by atoms with van der Waals surface area (Å²) in [6.07, 6.45) is 1.32. The van der Waals surface area contributed by atoms with Crippen molar-refractivity contribution < 1.29 is 13.9 Å². The van der Waals surface area contributed by atoms with Crippen molar-refractivity contribution in [3.63, 3.8) is 0 Å². The van der Waals surface area contributed by atoms with Crippen LogP contribution in [0, 0.1) is 13.8 Å². The van der Waals surface area contributed by atoms with Gasteiger partial charge in [0.2, 0.25) is 5.89 Å². The van der Waals surface area contributed by atoms with E-state index in [4.69, 9.17) is 9.15 Å². The third-order valence-electron chi connectivity index (χ3n) is 2.46. The van der Waals surface area contributed by atoms with Gasteiger partial charge in [0.1, 0.15) is 6.26 Å². The Hall–Kier alpha value is -2.10. The molecule has 0 radical (unpaired) electrons. The molecule has 0 unspecified atom stereocenters. The van der Waals surface area contributed by atoms with Crippen LogP contribution in [0.2, 0.25) is 0 Å². The molecule has 1 aromatic heterocycles. The number of oxazole rings is 1. The molecule has 1 aromatic carbocycles. The molecule has 0 N–H and O–H groups in total. The molecule has 1 heterocycles. The van der Waals surface area contributed by atoms with Gasteiger partial charge in [-0.05, 0) is 32.9 Å². The van der Waals surface area contributed by atoms with E-state index < -0.39 is 5.97 Å². The largest absolute Gasteiger partial charge is 0.461 e. The van der Waals surface area contributed by atoms with Gasteiger partial charge in [-0.25, -0.2) is 9.78 Å². The molecule has 0 aliphatic carbocycles. The van der Waals surface area contributed by atoms with Gasteiger partial charge < -0.3 is 9.15 Å². The van der Waals surface area contributed by atoms with Gasteiger partial charge in [0.15, 0.2) is 5.69 Å². The van der Waals surface area contributed by atoms with E-state index in [9.17, 15) is 4.79 Å². The Morgan fingerprint density at radius 2 is 1.94 bits per heavy atom. The SMILES string of the molecule is CCOC(=O)c1coc(-c2cc(C)cc(C)c2)n1. The number of aryl methyl sites for hydroxylation is 2. The Balaban J connectivity index is 2.32. The number of benzene rings is 1. The quantitative estimate of drug-likeness (QED) is 0.779. The van der Waals surface area contributed by atoms with Crippen molar-refractivity contribution in [3.05, 3.63) is 41.3 Å². The lowest BCUT2D eigenvalue weighted by Crippen LogP contribution is -2.04. The van der Waals surface area contributed by atoms with Crippen molar-refractivity contribution in [1.82, 2.24) is 4.98 Å². The smallest absolute Gasteiger partial charge is 0.360 e. The fourth-order valence-electron chi connectivity index (χ4n) is 1.80. The normalized spacial score (nSPS) is 10.4. The highest BCUT2D eigenvalue weighted by Crippen LogP contribution is 2.21. The highest BCUT2D eigenvalue weighted by molar-refractivity contribution is 5.87. The Bertz CT molecular complexity index is 552. The fraction of sp³-hybridized carbons (Fsp3) is 0.286. The molecule has 0 amide bonds. The average molecular weight is 245 g/mol. The predicted octanol–water partition coefficient (Wildman–Crippen LogP) is 3.14. The lowest BCUT2D eigenvalue weighted by molar-refractivity contribution is 0.0519. The molecule has 0 aliphatic heterocycles. The summed E-state index contributed by atoms with van der Waals surface area (Å²) in [7, 11) is 0. The Kier molecular flexibility index (Phi) is 3.46. The lowest BCUT2D eigenvalue weighted by Gasteiger charge is -2.00. The highest BCUT2D eigenvalue weighted by Gasteiger charge is 2.14. The molecule has 4 heteroatoms. The van der Waals surface area contributed by atoms with Crippen LogP contribution in [-0.4, -0.2) is 17.6 Å². The number of carbonyl (C=O) groups is 1. The van der Waals surface area contributed by atoms with Crippen LogP contribution in [0.15, 0.2) is 28.9 Å². The van der Waals surface area contributed by atoms with Gasteiger partial charge in [0, 0.05) is 5.56 Å². The minimum atomic E-state index is -0.461. The number of esters is 1. The Morgan fingerprint density at radius 3 is 2.56 bits per heavy atom. The van der Waals surface area contributed by atoms with Crippen molar-refractivity contribution >= 4 is 5.97 Å². The van der Waals surface area contributed by atoms with Crippen LogP contribution in [-0.2, 0) is 4.74 Å². The zero-order chi connectivity index (χ0) is 13.1. The summed E-state index contributed by atoms with van der Waals surface area (Å²) in [5.74, 6) is -0.0262. The molecule has 0 bridgehead atoms. The van der Waals surface area contributed by atoms with E-state index in [-0.39, 0.29) is 5.69 Å². The van der Waals surface area contributed by atoms with Gasteiger partial charge in [0.05, 0.1) is 6.61 Å². The second-order valence-corrected chi connectivity index (χ2v) is 4.13. The van der Waals surface area contributed by atoms with Gasteiger partial charge in [-0.2, -0.15) is 0 Å². The van der Waals surface area contributed by atoms with Crippen LogP contribution in [0.1, 0.15) is 28.5 Å². The molecular weight excluding hydrogens is 230 g/mol. The maximum Gasteiger partial charge on any atom is 0.360 e. The molecule has 0 saturated heterocycles. The molecular formula is C14H15NO3. The summed E-state index contributed by atoms with van der Waals surface area (Å²) in [6.45, 7) is 6.09. The first-order valence-corrected chi connectivity index (χ1v) is 5.81. The molecule has 4 nitrogen and oxygen atoms in total. The molecule has 0 saturated carbocycles. The predicted molar refractivity (Wildman–Crippen MR) is 67.4 cm³/mol. The van der Waals surface area contributed by atoms with Crippen molar-refractivity contribution in [2.75, 3.05) is 6.61 Å². The van der Waals surface area contributed by atoms with Crippen LogP contribution in [0.5, 0.6) is 0 Å². The second kappa shape index (κ2) is 5.04. The second-order valence-electron chi connectivity index (χ2n) is 4.13. The zero-order valence-corrected chi connectivity index (χ0v) is 10.7. The number of nitrogens with zero attached hydrogens (tertiary/aromatic N) is 1. The van der Waals surface area contributed by atoms with Crippen LogP contribution in [0.4, 0.5) is 0 Å². The van der Waals surface area contributed by atoms with Crippen molar-refractivity contribution in [3.8, 4) is 11.5 Å². The van der Waals surface area contributed by atoms with E-state index in [0.29, 0.717) is 12.5 Å². The first-order valence-electron chi connectivity index (χ1n) is 5.81. The molecule has 0 spiro atoms. The summed E-state index contributed by atoms with van der Waals surface area (Å²) in [5, 5.41) is 0. The van der Waals surface area contributed by atoms with Gasteiger partial charge in [-0.15, -0.1) is 0 Å². The minimum Gasteiger partial charge on any atom is -0.461 e. The third-order valence-corrected chi connectivity index (χ3v) is 2.46. The first-order chi connectivity index (χ1) is 8.60. The summed E-state index contributed by atoms with van der Waals surface area (Å²) >= 11 is 0. The van der Waals surface area contributed by atoms with Crippen molar-refractivity contribution in [1.29, 1.82) is 0 Å². The molecule has 18 heavy (non-hydrogen) atoms. The lowest BCUT2D eigenvalue weighted by atomic mass is 10.1. The van der Waals surface area contributed by atoms with E-state index in [2.05, 4.69) is 11.1 Å². The summed E-state index contributed by atoms with van der Waals surface area (Å²) in [5.41, 5.74) is 3.32. The third kappa shape index (κ3) is 2.59. The van der Waals surface area contributed by atoms with Crippen LogP contribution in [0.3, 0.4) is 0 Å². The van der Waals surface area contributed by atoms with Gasteiger partial charge in [-0.1, -0.05) is 17.2 Å². The number of rotatable bonds is 3. The number of aromatic nitrogens is 1. The molecule has 0 fully saturated rings. The van der Waals surface area contributed by atoms with Gasteiger partial charge in [-0.3, -0.25) is 0 Å². The Morgan fingerprint density at radius 1 is 1.28 bits per heavy atom. The average Bonchev–Trinajstić information content (AvgIpc) is 2.77. The molecule has 2 aromatic rings. The van der Waals surface area contributed by atoms with Crippen LogP contribution < -0.4 is 0 Å². The summed E-state index contributed by atoms with van der Waals surface area (Å²) in [4.78, 5) is 15.6. The summed E-state index contributed by atoms with van der Waals surface area (Å²) in [6, 6.07) is 6.00. The highest BCUT2D eigenvalue weighted by atomic mass is 16.5. The maximum atomic E-state index is 11.5. The minimum absolute atomic E-state index is 0.200. The van der Waals surface area contributed by atoms with Crippen molar-refractivity contribution in [2.45, 2.75) is 20.8 Å². The number of carbonyl (C=O) groups excluding carboxylic acids is 1. The monoisotopic (exact) mass is 245 g/mol. The topological polar surface area (TPSA) is 52.3 Å². The molecule has 94 valence electrons. The fourth-order valence-corrected chi connectivity index (χ4v) is 1.80. The molecule has 2 rings (SSSR count). The number of ether oxygens (including phenoxy) is 1. The summed E-state index contributed by atoms with van der Waals surface area (Å²) < 4.78 is 10.2. The van der Waals surface area contributed by atoms with E-state index >= 15 is 0 Å². The Labute approximate surface area is 106 Å². The van der Waals surface area contributed by atoms with E-state index in [1.54, 1.807) is 6.92 Å². The zero-order valence-electron chi connectivity index (χ0n) is 10.7. The number of hydrogen-bond acceptors (Lipinski definition) is 4. The van der Waals surface area contributed by atoms with E-state index in [1.165, 1.54) is 6.26 Å². The standard InChI is InChI=1S/C14H15NO3/c1-4-17-14(16)12-8-18-13(15-12)11-6-9(2)5-10(3)7-11/h5-8H,4H2,1-3H3. The first kappa shape index (κ1) is 12.4. The van der Waals surface area contributed by atoms with Crippen LogP contribution in [0.25, 0.3) is 11.5 Å². The van der Waals surface area contributed by atoms with Crippen molar-refractivity contribution in [2.24, 2.45) is 0 Å².